The van der Waals surface area contributed by atoms with Crippen LogP contribution in [0.3, 0.4) is 0 Å². The van der Waals surface area contributed by atoms with Gasteiger partial charge in [0, 0.05) is 6.54 Å². The van der Waals surface area contributed by atoms with Gasteiger partial charge in [0.05, 0.1) is 6.20 Å². The molecule has 1 heterocycles. The smallest absolute Gasteiger partial charge is 0.111 e. The van der Waals surface area contributed by atoms with Crippen molar-refractivity contribution in [2.24, 2.45) is 0 Å². The normalized spacial score (nSPS) is 10.0. The Hall–Kier alpha value is -0.510. The first-order chi connectivity index (χ1) is 4.34. The predicted octanol–water partition coefficient (Wildman–Crippen LogP) is 0.977. The van der Waals surface area contributed by atoms with Crippen LogP contribution < -0.4 is 0 Å². The molecule has 1 rings (SSSR count). The summed E-state index contributed by atoms with van der Waals surface area (Å²) < 4.78 is 1.77. The minimum Gasteiger partial charge on any atom is -0.239 e. The van der Waals surface area contributed by atoms with Gasteiger partial charge in [-0.05, 0) is 6.42 Å². The Balaban J connectivity index is 2.69. The van der Waals surface area contributed by atoms with Gasteiger partial charge in [-0.15, -0.1) is 17.7 Å². The molecule has 0 spiro atoms. The van der Waals surface area contributed by atoms with Gasteiger partial charge in [-0.25, -0.2) is 4.68 Å². The van der Waals surface area contributed by atoms with Gasteiger partial charge in [-0.3, -0.25) is 0 Å². The van der Waals surface area contributed by atoms with Crippen molar-refractivity contribution in [1.82, 2.24) is 15.0 Å². The topological polar surface area (TPSA) is 30.7 Å². The van der Waals surface area contributed by atoms with Crippen molar-refractivity contribution in [2.45, 2.75) is 24.9 Å². The van der Waals surface area contributed by atoms with E-state index in [1.807, 2.05) is 0 Å². The summed E-state index contributed by atoms with van der Waals surface area (Å²) in [5.74, 6) is 0. The Labute approximate surface area is 59.5 Å². The van der Waals surface area contributed by atoms with Gasteiger partial charge in [-0.1, -0.05) is 12.1 Å². The number of thiol groups is 1. The van der Waals surface area contributed by atoms with Crippen molar-refractivity contribution in [1.29, 1.82) is 0 Å². The molecule has 0 aliphatic rings. The van der Waals surface area contributed by atoms with E-state index in [2.05, 4.69) is 29.9 Å². The van der Waals surface area contributed by atoms with E-state index < -0.39 is 0 Å². The van der Waals surface area contributed by atoms with Gasteiger partial charge in [0.15, 0.2) is 0 Å². The molecule has 1 aromatic rings. The number of nitrogens with zero attached hydrogens (tertiary/aromatic N) is 3. The molecule has 3 nitrogen and oxygen atoms in total. The highest BCUT2D eigenvalue weighted by atomic mass is 32.1. The molecule has 0 fully saturated rings. The van der Waals surface area contributed by atoms with Crippen LogP contribution in [-0.4, -0.2) is 15.0 Å². The molecule has 0 saturated carbocycles. The highest BCUT2D eigenvalue weighted by Gasteiger charge is 1.94. The Morgan fingerprint density at radius 3 is 3.00 bits per heavy atom. The second-order valence-corrected chi connectivity index (χ2v) is 2.27. The van der Waals surface area contributed by atoms with E-state index in [9.17, 15) is 0 Å². The van der Waals surface area contributed by atoms with E-state index in [-0.39, 0.29) is 0 Å². The van der Waals surface area contributed by atoms with Crippen LogP contribution in [-0.2, 0) is 6.54 Å². The standard InChI is InChI=1S/C5H9N3S/c1-2-3-8-5(9)4-6-7-8/h4,9H,2-3H2,1H3. The molecule has 0 radical (unpaired) electrons. The molecule has 0 aromatic carbocycles. The summed E-state index contributed by atoms with van der Waals surface area (Å²) in [6.45, 7) is 2.99. The molecule has 0 aliphatic carbocycles. The van der Waals surface area contributed by atoms with Crippen molar-refractivity contribution in [3.8, 4) is 0 Å². The highest BCUT2D eigenvalue weighted by molar-refractivity contribution is 7.80. The molecular weight excluding hydrogens is 134 g/mol. The zero-order valence-electron chi connectivity index (χ0n) is 5.28. The van der Waals surface area contributed by atoms with E-state index in [0.29, 0.717) is 0 Å². The summed E-state index contributed by atoms with van der Waals surface area (Å²) in [4.78, 5) is 0. The Bertz CT molecular complexity index is 184. The lowest BCUT2D eigenvalue weighted by molar-refractivity contribution is 0.542. The van der Waals surface area contributed by atoms with Crippen molar-refractivity contribution in [3.05, 3.63) is 6.20 Å². The van der Waals surface area contributed by atoms with Crippen LogP contribution in [0, 0.1) is 0 Å². The molecule has 0 N–H and O–H groups in total. The van der Waals surface area contributed by atoms with Crippen LogP contribution in [0.2, 0.25) is 0 Å². The van der Waals surface area contributed by atoms with E-state index in [1.165, 1.54) is 0 Å². The quantitative estimate of drug-likeness (QED) is 0.625. The van der Waals surface area contributed by atoms with E-state index in [4.69, 9.17) is 0 Å². The van der Waals surface area contributed by atoms with E-state index >= 15 is 0 Å². The van der Waals surface area contributed by atoms with E-state index in [1.54, 1.807) is 10.9 Å². The zero-order chi connectivity index (χ0) is 6.69. The number of aryl methyl sites for hydroxylation is 1. The number of aromatic nitrogens is 3. The Morgan fingerprint density at radius 1 is 1.78 bits per heavy atom. The maximum atomic E-state index is 4.12. The largest absolute Gasteiger partial charge is 0.239 e. The number of rotatable bonds is 2. The lowest BCUT2D eigenvalue weighted by Crippen LogP contribution is -1.98. The number of hydrogen-bond acceptors (Lipinski definition) is 3. The van der Waals surface area contributed by atoms with Gasteiger partial charge < -0.3 is 0 Å². The zero-order valence-corrected chi connectivity index (χ0v) is 6.17. The number of hydrogen-bond donors (Lipinski definition) is 1. The van der Waals surface area contributed by atoms with Gasteiger partial charge >= 0.3 is 0 Å². The van der Waals surface area contributed by atoms with Gasteiger partial charge in [0.1, 0.15) is 5.03 Å². The maximum absolute atomic E-state index is 4.12. The highest BCUT2D eigenvalue weighted by Crippen LogP contribution is 2.01. The van der Waals surface area contributed by atoms with Gasteiger partial charge in [0.25, 0.3) is 0 Å². The molecule has 0 atom stereocenters. The molecule has 0 saturated heterocycles. The average Bonchev–Trinajstić information content (AvgIpc) is 2.18. The molecule has 1 aromatic heterocycles. The van der Waals surface area contributed by atoms with E-state index in [0.717, 1.165) is 18.0 Å². The summed E-state index contributed by atoms with van der Waals surface area (Å²) >= 11 is 4.12. The van der Waals surface area contributed by atoms with Gasteiger partial charge in [-0.2, -0.15) is 0 Å². The maximum Gasteiger partial charge on any atom is 0.111 e. The molecule has 0 bridgehead atoms. The van der Waals surface area contributed by atoms with Crippen LogP contribution in [0.4, 0.5) is 0 Å². The fourth-order valence-corrected chi connectivity index (χ4v) is 0.815. The second-order valence-electron chi connectivity index (χ2n) is 1.82. The third kappa shape index (κ3) is 1.45. The predicted molar refractivity (Wildman–Crippen MR) is 37.6 cm³/mol. The first kappa shape index (κ1) is 6.61. The van der Waals surface area contributed by atoms with Crippen LogP contribution in [0.25, 0.3) is 0 Å². The molecule has 4 heteroatoms. The summed E-state index contributed by atoms with van der Waals surface area (Å²) in [6, 6.07) is 0. The van der Waals surface area contributed by atoms with Crippen molar-refractivity contribution in [3.63, 3.8) is 0 Å². The first-order valence-electron chi connectivity index (χ1n) is 2.92. The summed E-state index contributed by atoms with van der Waals surface area (Å²) in [7, 11) is 0. The molecule has 0 amide bonds. The molecule has 0 aliphatic heterocycles. The minimum absolute atomic E-state index is 0.830. The third-order valence-electron chi connectivity index (χ3n) is 1.03. The summed E-state index contributed by atoms with van der Waals surface area (Å²) in [6.07, 6.45) is 2.70. The Morgan fingerprint density at radius 2 is 2.56 bits per heavy atom. The van der Waals surface area contributed by atoms with Crippen LogP contribution in [0.15, 0.2) is 11.2 Å². The second kappa shape index (κ2) is 2.87. The van der Waals surface area contributed by atoms with Crippen LogP contribution in [0.5, 0.6) is 0 Å². The molecular formula is C5H9N3S. The van der Waals surface area contributed by atoms with Crippen LogP contribution in [0.1, 0.15) is 13.3 Å². The van der Waals surface area contributed by atoms with Gasteiger partial charge in [0.2, 0.25) is 0 Å². The lowest BCUT2D eigenvalue weighted by atomic mass is 10.5. The first-order valence-corrected chi connectivity index (χ1v) is 3.36. The van der Waals surface area contributed by atoms with Crippen molar-refractivity contribution in [2.75, 3.05) is 0 Å². The third-order valence-corrected chi connectivity index (χ3v) is 1.38. The minimum atomic E-state index is 0.830. The van der Waals surface area contributed by atoms with Crippen LogP contribution >= 0.6 is 12.6 Å². The van der Waals surface area contributed by atoms with Crippen molar-refractivity contribution >= 4 is 12.6 Å². The monoisotopic (exact) mass is 143 g/mol. The fourth-order valence-electron chi connectivity index (χ4n) is 0.623. The Kier molecular flexibility index (Phi) is 2.10. The molecule has 9 heavy (non-hydrogen) atoms. The fraction of sp³-hybridized carbons (Fsp3) is 0.600. The lowest BCUT2D eigenvalue weighted by Gasteiger charge is -1.95. The molecule has 0 unspecified atom stereocenters. The average molecular weight is 143 g/mol. The SMILES string of the molecule is CCCn1nncc1S. The summed E-state index contributed by atoms with van der Waals surface area (Å²) in [5.41, 5.74) is 0. The summed E-state index contributed by atoms with van der Waals surface area (Å²) in [5, 5.41) is 8.30. The van der Waals surface area contributed by atoms with Crippen molar-refractivity contribution < 1.29 is 0 Å². The molecule has 50 valence electrons.